The van der Waals surface area contributed by atoms with Crippen LogP contribution in [0.3, 0.4) is 0 Å². The summed E-state index contributed by atoms with van der Waals surface area (Å²) < 4.78 is 87.6. The molecule has 0 fully saturated rings. The Hall–Kier alpha value is -3.11. The first-order valence-corrected chi connectivity index (χ1v) is 14.5. The molecule has 0 atom stereocenters. The highest BCUT2D eigenvalue weighted by atomic mass is 32.2. The maximum absolute atomic E-state index is 14.6. The molecule has 1 aliphatic rings. The van der Waals surface area contributed by atoms with Crippen molar-refractivity contribution in [1.82, 2.24) is 4.90 Å². The Morgan fingerprint density at radius 2 is 1.79 bits per heavy atom. The fourth-order valence-corrected chi connectivity index (χ4v) is 5.70. The van der Waals surface area contributed by atoms with E-state index in [9.17, 15) is 26.0 Å². The Bertz CT molecular complexity index is 1390. The quantitative estimate of drug-likeness (QED) is 0.198. The summed E-state index contributed by atoms with van der Waals surface area (Å²) in [6.07, 6.45) is 0.259. The molecule has 4 rings (SSSR count). The number of halogens is 4. The van der Waals surface area contributed by atoms with Crippen molar-refractivity contribution in [3.63, 3.8) is 0 Å². The van der Waals surface area contributed by atoms with E-state index in [1.165, 1.54) is 30.3 Å². The Balaban J connectivity index is 1.39. The van der Waals surface area contributed by atoms with E-state index in [0.29, 0.717) is 44.0 Å². The van der Waals surface area contributed by atoms with Gasteiger partial charge >= 0.3 is 6.18 Å². The lowest BCUT2D eigenvalue weighted by Gasteiger charge is -2.29. The lowest BCUT2D eigenvalue weighted by Crippen LogP contribution is -2.30. The number of hydrogen-bond acceptors (Lipinski definition) is 4. The lowest BCUT2D eigenvalue weighted by molar-refractivity contribution is -0.137. The second kappa shape index (κ2) is 12.4. The van der Waals surface area contributed by atoms with Crippen LogP contribution < -0.4 is 9.46 Å². The molecule has 10 heteroatoms. The predicted molar refractivity (Wildman–Crippen MR) is 143 cm³/mol. The third-order valence-corrected chi connectivity index (χ3v) is 8.05. The van der Waals surface area contributed by atoms with Gasteiger partial charge in [-0.2, -0.15) is 13.2 Å². The number of anilines is 1. The van der Waals surface area contributed by atoms with Gasteiger partial charge in [0.1, 0.15) is 5.75 Å². The van der Waals surface area contributed by atoms with Gasteiger partial charge in [0.2, 0.25) is 0 Å². The van der Waals surface area contributed by atoms with Crippen LogP contribution in [-0.4, -0.2) is 26.5 Å². The number of alkyl halides is 3. The number of fused-ring (bicyclic) bond motifs is 1. The molecule has 3 aromatic rings. The Kier molecular flexibility index (Phi) is 9.17. The molecule has 0 aromatic heterocycles. The summed E-state index contributed by atoms with van der Waals surface area (Å²) in [5, 5.41) is 0. The maximum Gasteiger partial charge on any atom is 0.416 e. The van der Waals surface area contributed by atoms with E-state index in [4.69, 9.17) is 4.74 Å². The molecule has 210 valence electrons. The summed E-state index contributed by atoms with van der Waals surface area (Å²) in [4.78, 5) is 2.04. The molecule has 1 heterocycles. The fraction of sp³-hybridized carbons (Fsp3) is 0.379. The second-order valence-electron chi connectivity index (χ2n) is 9.75. The van der Waals surface area contributed by atoms with Gasteiger partial charge in [-0.05, 0) is 59.9 Å². The first-order valence-electron chi connectivity index (χ1n) is 13.0. The fourth-order valence-electron chi connectivity index (χ4n) is 4.59. The molecule has 5 nitrogen and oxygen atoms in total. The standard InChI is InChI=1S/C29H32F4N2O3S/c1-2-3-4-5-15-38-25-10-12-28(27(30)18-25)34-39(36,37)26-11-9-23-20-35(14-13-22(23)17-26)19-21-7-6-8-24(16-21)29(31,32)33/h6-12,16-18,34H,2-5,13-15,19-20H2,1H3. The minimum atomic E-state index is -4.40. The van der Waals surface area contributed by atoms with Gasteiger partial charge in [-0.25, -0.2) is 12.8 Å². The normalized spacial score (nSPS) is 14.2. The predicted octanol–water partition coefficient (Wildman–Crippen LogP) is 7.16. The van der Waals surface area contributed by atoms with E-state index in [1.54, 1.807) is 18.2 Å². The number of sulfonamides is 1. The number of ether oxygens (including phenoxy) is 1. The van der Waals surface area contributed by atoms with Gasteiger partial charge in [-0.3, -0.25) is 9.62 Å². The highest BCUT2D eigenvalue weighted by molar-refractivity contribution is 7.92. The first kappa shape index (κ1) is 28.9. The van der Waals surface area contributed by atoms with Gasteiger partial charge in [0, 0.05) is 25.7 Å². The van der Waals surface area contributed by atoms with Crippen molar-refractivity contribution < 1.29 is 30.7 Å². The largest absolute Gasteiger partial charge is 0.493 e. The number of benzene rings is 3. The minimum absolute atomic E-state index is 0.0169. The molecule has 0 amide bonds. The van der Waals surface area contributed by atoms with Crippen molar-refractivity contribution in [3.8, 4) is 5.75 Å². The molecule has 0 radical (unpaired) electrons. The van der Waals surface area contributed by atoms with E-state index >= 15 is 0 Å². The van der Waals surface area contributed by atoms with Crippen molar-refractivity contribution in [2.24, 2.45) is 0 Å². The van der Waals surface area contributed by atoms with Crippen molar-refractivity contribution in [1.29, 1.82) is 0 Å². The van der Waals surface area contributed by atoms with Gasteiger partial charge in [-0.1, -0.05) is 50.5 Å². The topological polar surface area (TPSA) is 58.6 Å². The molecule has 1 aliphatic heterocycles. The van der Waals surface area contributed by atoms with Crippen molar-refractivity contribution in [3.05, 3.63) is 88.7 Å². The third kappa shape index (κ3) is 7.73. The molecule has 0 unspecified atom stereocenters. The van der Waals surface area contributed by atoms with Gasteiger partial charge in [0.15, 0.2) is 5.82 Å². The van der Waals surface area contributed by atoms with E-state index in [2.05, 4.69) is 11.6 Å². The highest BCUT2D eigenvalue weighted by Gasteiger charge is 2.30. The smallest absolute Gasteiger partial charge is 0.416 e. The average molecular weight is 565 g/mol. The highest BCUT2D eigenvalue weighted by Crippen LogP contribution is 2.31. The monoisotopic (exact) mass is 564 g/mol. The molecule has 1 N–H and O–H groups in total. The zero-order valence-corrected chi connectivity index (χ0v) is 22.5. The second-order valence-corrected chi connectivity index (χ2v) is 11.4. The SMILES string of the molecule is CCCCCCOc1ccc(NS(=O)(=O)c2ccc3c(c2)CCN(Cc2cccc(C(F)(F)F)c2)C3)c(F)c1. The molecular weight excluding hydrogens is 532 g/mol. The van der Waals surface area contributed by atoms with Gasteiger partial charge in [0.05, 0.1) is 22.8 Å². The van der Waals surface area contributed by atoms with Crippen molar-refractivity contribution >= 4 is 15.7 Å². The third-order valence-electron chi connectivity index (χ3n) is 6.69. The molecular formula is C29H32F4N2O3S. The summed E-state index contributed by atoms with van der Waals surface area (Å²) in [6.45, 7) is 3.98. The van der Waals surface area contributed by atoms with E-state index < -0.39 is 27.6 Å². The van der Waals surface area contributed by atoms with Crippen LogP contribution in [0.2, 0.25) is 0 Å². The number of nitrogens with zero attached hydrogens (tertiary/aromatic N) is 1. The van der Waals surface area contributed by atoms with E-state index in [-0.39, 0.29) is 10.6 Å². The van der Waals surface area contributed by atoms with Gasteiger partial charge < -0.3 is 4.74 Å². The number of hydrogen-bond donors (Lipinski definition) is 1. The Labute approximate surface area is 226 Å². The zero-order chi connectivity index (χ0) is 28.0. The molecule has 0 saturated carbocycles. The van der Waals surface area contributed by atoms with Gasteiger partial charge in [0.25, 0.3) is 10.0 Å². The molecule has 39 heavy (non-hydrogen) atoms. The van der Waals surface area contributed by atoms with Crippen LogP contribution in [0, 0.1) is 5.82 Å². The summed E-state index contributed by atoms with van der Waals surface area (Å²) in [5.41, 5.74) is 1.45. The summed E-state index contributed by atoms with van der Waals surface area (Å²) in [7, 11) is -4.04. The summed E-state index contributed by atoms with van der Waals surface area (Å²) >= 11 is 0. The maximum atomic E-state index is 14.6. The molecule has 3 aromatic carbocycles. The lowest BCUT2D eigenvalue weighted by atomic mass is 9.99. The summed E-state index contributed by atoms with van der Waals surface area (Å²) in [6, 6.07) is 14.1. The van der Waals surface area contributed by atoms with Gasteiger partial charge in [-0.15, -0.1) is 0 Å². The van der Waals surface area contributed by atoms with Crippen LogP contribution in [0.25, 0.3) is 0 Å². The molecule has 0 saturated heterocycles. The van der Waals surface area contributed by atoms with Crippen LogP contribution in [0.1, 0.15) is 54.9 Å². The van der Waals surface area contributed by atoms with Crippen molar-refractivity contribution in [2.75, 3.05) is 17.9 Å². The van der Waals surface area contributed by atoms with E-state index in [0.717, 1.165) is 48.9 Å². The van der Waals surface area contributed by atoms with Crippen LogP contribution in [-0.2, 0) is 35.7 Å². The Morgan fingerprint density at radius 3 is 2.54 bits per heavy atom. The zero-order valence-electron chi connectivity index (χ0n) is 21.7. The van der Waals surface area contributed by atoms with Crippen LogP contribution in [0.5, 0.6) is 5.75 Å². The number of rotatable bonds is 11. The average Bonchev–Trinajstić information content (AvgIpc) is 2.89. The van der Waals surface area contributed by atoms with Crippen LogP contribution in [0.4, 0.5) is 23.2 Å². The van der Waals surface area contributed by atoms with Crippen LogP contribution in [0.15, 0.2) is 65.6 Å². The Morgan fingerprint density at radius 1 is 0.974 bits per heavy atom. The minimum Gasteiger partial charge on any atom is -0.493 e. The molecule has 0 bridgehead atoms. The van der Waals surface area contributed by atoms with E-state index in [1.807, 2.05) is 4.90 Å². The molecule has 0 spiro atoms. The van der Waals surface area contributed by atoms with Crippen molar-refractivity contribution in [2.45, 2.75) is 63.2 Å². The van der Waals surface area contributed by atoms with Crippen LogP contribution >= 0.6 is 0 Å². The first-order chi connectivity index (χ1) is 18.5. The number of nitrogens with one attached hydrogen (secondary N) is 1. The molecule has 0 aliphatic carbocycles. The summed E-state index contributed by atoms with van der Waals surface area (Å²) in [5.74, 6) is -0.386. The number of unbranched alkanes of at least 4 members (excludes halogenated alkanes) is 3.